The maximum Gasteiger partial charge on any atom is 0.469 e. The Kier molecular flexibility index (Phi) is 3.35. The van der Waals surface area contributed by atoms with Gasteiger partial charge in [0.2, 0.25) is 6.04 Å². The molecule has 1 N–H and O–H groups in total. The van der Waals surface area contributed by atoms with Crippen LogP contribution in [0.3, 0.4) is 0 Å². The Morgan fingerprint density at radius 2 is 1.81 bits per heavy atom. The smallest absolute Gasteiger partial charge is 0.263 e. The number of nitrogens with zero attached hydrogens (tertiary/aromatic N) is 4. The van der Waals surface area contributed by atoms with Crippen molar-refractivity contribution in [2.24, 2.45) is 4.99 Å². The quantitative estimate of drug-likeness (QED) is 0.383. The third kappa shape index (κ3) is 2.41. The van der Waals surface area contributed by atoms with Gasteiger partial charge in [0.1, 0.15) is 0 Å². The topological polar surface area (TPSA) is 93.3 Å². The first-order chi connectivity index (χ1) is 9.60. The number of halogens is 5. The molecule has 7 nitrogen and oxygen atoms in total. The van der Waals surface area contributed by atoms with Crippen LogP contribution in [0.25, 0.3) is 0 Å². The van der Waals surface area contributed by atoms with Gasteiger partial charge in [-0.3, -0.25) is 10.1 Å². The third-order valence-corrected chi connectivity index (χ3v) is 2.58. The summed E-state index contributed by atoms with van der Waals surface area (Å²) in [5, 5.41) is 12.0. The second-order valence-corrected chi connectivity index (χ2v) is 3.89. The second-order valence-electron chi connectivity index (χ2n) is 3.89. The summed E-state index contributed by atoms with van der Waals surface area (Å²) in [6, 6.07) is -0.291. The molecule has 2 heterocycles. The highest BCUT2D eigenvalue weighted by Gasteiger charge is 2.74. The van der Waals surface area contributed by atoms with E-state index in [9.17, 15) is 32.1 Å². The number of nitrogens with one attached hydrogen (secondary N) is 1. The molecular formula is C9H5F5N5O2. The fraction of sp³-hybridized carbons (Fsp3) is 0.333. The maximum atomic E-state index is 13.2. The van der Waals surface area contributed by atoms with Crippen LogP contribution in [0.1, 0.15) is 5.82 Å². The lowest BCUT2D eigenvalue weighted by Gasteiger charge is -2.34. The molecule has 0 saturated carbocycles. The Hall–Kier alpha value is -2.24. The van der Waals surface area contributed by atoms with Gasteiger partial charge < -0.3 is 0 Å². The number of hydrogen-bond acceptors (Lipinski definition) is 6. The summed E-state index contributed by atoms with van der Waals surface area (Å²) in [5.74, 6) is -0.877. The van der Waals surface area contributed by atoms with E-state index in [0.717, 1.165) is 17.7 Å². The highest BCUT2D eigenvalue weighted by Crippen LogP contribution is 2.43. The number of aliphatic imine (C=N–C) groups is 1. The van der Waals surface area contributed by atoms with Gasteiger partial charge in [-0.1, -0.05) is 0 Å². The van der Waals surface area contributed by atoms with Crippen molar-refractivity contribution in [3.63, 3.8) is 0 Å². The van der Waals surface area contributed by atoms with E-state index >= 15 is 0 Å². The Labute approximate surface area is 113 Å². The molecule has 1 aromatic heterocycles. The summed E-state index contributed by atoms with van der Waals surface area (Å²) >= 11 is 0. The molecule has 113 valence electrons. The minimum absolute atomic E-state index is 0.449. The number of nitro groups is 1. The van der Waals surface area contributed by atoms with Crippen LogP contribution in [-0.2, 0) is 0 Å². The van der Waals surface area contributed by atoms with Crippen molar-refractivity contribution >= 4 is 6.21 Å². The summed E-state index contributed by atoms with van der Waals surface area (Å²) in [5.41, 5.74) is -3.98. The van der Waals surface area contributed by atoms with Gasteiger partial charge in [0, 0.05) is 17.3 Å². The fourth-order valence-corrected chi connectivity index (χ4v) is 1.63. The predicted molar refractivity (Wildman–Crippen MR) is 56.7 cm³/mol. The van der Waals surface area contributed by atoms with Gasteiger partial charge in [0.15, 0.2) is 5.82 Å². The standard InChI is InChI=1S/C9H5F5N5O2/c10-8(11,12)7(19(20)21)4-17-9(13,14)18-5(7)6-15-2-1-3-16-6/h1-4,18H. The molecule has 1 aliphatic rings. The zero-order valence-corrected chi connectivity index (χ0v) is 9.80. The molecule has 1 atom stereocenters. The molecule has 1 radical (unpaired) electrons. The Bertz CT molecular complexity index is 578. The molecule has 1 aliphatic heterocycles. The molecule has 0 amide bonds. The average Bonchev–Trinajstić information content (AvgIpc) is 2.37. The van der Waals surface area contributed by atoms with E-state index in [1.54, 1.807) is 0 Å². The molecule has 0 spiro atoms. The Morgan fingerprint density at radius 3 is 2.29 bits per heavy atom. The lowest BCUT2D eigenvalue weighted by molar-refractivity contribution is -0.583. The number of rotatable bonds is 2. The zero-order chi connectivity index (χ0) is 15.9. The molecule has 0 aromatic carbocycles. The summed E-state index contributed by atoms with van der Waals surface area (Å²) in [6.45, 7) is 0. The summed E-state index contributed by atoms with van der Waals surface area (Å²) in [7, 11) is 0. The minimum atomic E-state index is -5.53. The molecule has 0 fully saturated rings. The minimum Gasteiger partial charge on any atom is -0.263 e. The molecule has 21 heavy (non-hydrogen) atoms. The van der Waals surface area contributed by atoms with Crippen molar-refractivity contribution in [2.45, 2.75) is 17.9 Å². The van der Waals surface area contributed by atoms with Crippen LogP contribution in [0.2, 0.25) is 0 Å². The van der Waals surface area contributed by atoms with Crippen LogP contribution in [0, 0.1) is 16.2 Å². The van der Waals surface area contributed by atoms with E-state index in [1.807, 2.05) is 0 Å². The van der Waals surface area contributed by atoms with Gasteiger partial charge in [-0.25, -0.2) is 20.3 Å². The molecule has 0 saturated heterocycles. The van der Waals surface area contributed by atoms with Gasteiger partial charge in [0.25, 0.3) is 0 Å². The monoisotopic (exact) mass is 310 g/mol. The number of hydrogen-bond donors (Lipinski definition) is 1. The SMILES string of the molecule is O=[N+]([O-])C1(C(F)(F)F)C=NC(F)(F)N[C]1c1ncccn1. The van der Waals surface area contributed by atoms with Crippen molar-refractivity contribution in [1.29, 1.82) is 0 Å². The van der Waals surface area contributed by atoms with Crippen LogP contribution in [-0.4, -0.2) is 39.0 Å². The zero-order valence-electron chi connectivity index (χ0n) is 9.80. The first-order valence-corrected chi connectivity index (χ1v) is 5.18. The van der Waals surface area contributed by atoms with Crippen LogP contribution >= 0.6 is 0 Å². The first kappa shape index (κ1) is 15.2. The van der Waals surface area contributed by atoms with Crippen LogP contribution in [0.15, 0.2) is 23.5 Å². The molecule has 12 heteroatoms. The number of alkyl halides is 5. The highest BCUT2D eigenvalue weighted by atomic mass is 19.4. The van der Waals surface area contributed by atoms with Gasteiger partial charge >= 0.3 is 17.9 Å². The van der Waals surface area contributed by atoms with Crippen molar-refractivity contribution < 1.29 is 26.9 Å². The van der Waals surface area contributed by atoms with Gasteiger partial charge in [-0.05, 0) is 6.07 Å². The highest BCUT2D eigenvalue weighted by molar-refractivity contribution is 5.76. The second kappa shape index (κ2) is 4.65. The molecule has 0 bridgehead atoms. The van der Waals surface area contributed by atoms with Gasteiger partial charge in [-0.15, -0.1) is 0 Å². The molecule has 0 aliphatic carbocycles. The maximum absolute atomic E-state index is 13.2. The Balaban J connectivity index is 2.67. The third-order valence-electron chi connectivity index (χ3n) is 2.58. The van der Waals surface area contributed by atoms with E-state index in [0.29, 0.717) is 0 Å². The summed E-state index contributed by atoms with van der Waals surface area (Å²) in [4.78, 5) is 18.1. The van der Waals surface area contributed by atoms with Gasteiger partial charge in [-0.2, -0.15) is 22.0 Å². The summed E-state index contributed by atoms with van der Waals surface area (Å²) < 4.78 is 65.7. The van der Waals surface area contributed by atoms with Crippen LogP contribution < -0.4 is 5.32 Å². The van der Waals surface area contributed by atoms with Crippen molar-refractivity contribution in [3.8, 4) is 0 Å². The lowest BCUT2D eigenvalue weighted by atomic mass is 9.89. The number of aromatic nitrogens is 2. The molecule has 1 unspecified atom stereocenters. The van der Waals surface area contributed by atoms with E-state index in [1.165, 1.54) is 6.07 Å². The average molecular weight is 310 g/mol. The van der Waals surface area contributed by atoms with E-state index in [2.05, 4.69) is 15.0 Å². The summed E-state index contributed by atoms with van der Waals surface area (Å²) in [6.07, 6.45) is -8.20. The van der Waals surface area contributed by atoms with Crippen LogP contribution in [0.5, 0.6) is 0 Å². The fourth-order valence-electron chi connectivity index (χ4n) is 1.63. The van der Waals surface area contributed by atoms with Crippen molar-refractivity contribution in [1.82, 2.24) is 15.3 Å². The van der Waals surface area contributed by atoms with E-state index in [-0.39, 0.29) is 0 Å². The van der Waals surface area contributed by atoms with E-state index in [4.69, 9.17) is 0 Å². The van der Waals surface area contributed by atoms with Gasteiger partial charge in [0.05, 0.1) is 6.21 Å². The first-order valence-electron chi connectivity index (χ1n) is 5.18. The van der Waals surface area contributed by atoms with Crippen LogP contribution in [0.4, 0.5) is 22.0 Å². The Morgan fingerprint density at radius 1 is 1.24 bits per heavy atom. The normalized spacial score (nSPS) is 25.8. The molecule has 2 rings (SSSR count). The molecule has 1 aromatic rings. The predicted octanol–water partition coefficient (Wildman–Crippen LogP) is 1.16. The van der Waals surface area contributed by atoms with E-state index < -0.39 is 40.9 Å². The molecular weight excluding hydrogens is 305 g/mol. The van der Waals surface area contributed by atoms with Crippen molar-refractivity contribution in [2.75, 3.05) is 0 Å². The van der Waals surface area contributed by atoms with Crippen molar-refractivity contribution in [3.05, 3.63) is 40.4 Å². The lowest BCUT2D eigenvalue weighted by Crippen LogP contribution is -2.66. The largest absolute Gasteiger partial charge is 0.469 e.